The number of hydrogen-bond donors (Lipinski definition) is 0. The molecule has 0 N–H and O–H groups in total. The molecule has 1 nitrogen and oxygen atoms in total. The second kappa shape index (κ2) is 10.0. The summed E-state index contributed by atoms with van der Waals surface area (Å²) in [5, 5.41) is 0. The van der Waals surface area contributed by atoms with Gasteiger partial charge in [-0.25, -0.2) is 12.2 Å². The number of ether oxygens (including phenoxy) is 1. The van der Waals surface area contributed by atoms with Gasteiger partial charge < -0.3 is 29.6 Å². The van der Waals surface area contributed by atoms with Crippen molar-refractivity contribution in [1.82, 2.24) is 0 Å². The fraction of sp³-hybridized carbons (Fsp3) is 0.222. The summed E-state index contributed by atoms with van der Waals surface area (Å²) in [5.41, 5.74) is 4.80. The van der Waals surface area contributed by atoms with E-state index in [1.165, 1.54) is 16.7 Å². The Morgan fingerprint density at radius 1 is 1.22 bits per heavy atom. The normalized spacial score (nSPS) is 18.4. The predicted molar refractivity (Wildman–Crippen MR) is 83.8 cm³/mol. The second-order valence-corrected chi connectivity index (χ2v) is 5.87. The minimum Gasteiger partial charge on any atom is -1.00 e. The molecule has 1 aromatic rings. The zero-order valence-electron chi connectivity index (χ0n) is 12.8. The molecule has 0 aromatic heterocycles. The molecule has 1 heterocycles. The molecule has 3 aliphatic rings. The molecule has 1 unspecified atom stereocenters. The van der Waals surface area contributed by atoms with E-state index in [1.807, 2.05) is 19.1 Å². The number of fused-ring (bicyclic) bond motifs is 3. The van der Waals surface area contributed by atoms with E-state index in [9.17, 15) is 0 Å². The van der Waals surface area contributed by atoms with E-state index in [0.717, 1.165) is 22.2 Å². The van der Waals surface area contributed by atoms with Crippen LogP contribution in [0.5, 0.6) is 0 Å². The maximum absolute atomic E-state index is 5.83. The molecular weight excluding hydrogens is 474 g/mol. The van der Waals surface area contributed by atoms with Crippen molar-refractivity contribution >= 4 is 15.9 Å². The number of allylic oxidation sites excluding steroid dienone is 5. The molecule has 1 aromatic carbocycles. The van der Waals surface area contributed by atoms with Crippen molar-refractivity contribution in [3.05, 3.63) is 81.1 Å². The van der Waals surface area contributed by atoms with Crippen LogP contribution in [0, 0.1) is 12.2 Å². The van der Waals surface area contributed by atoms with E-state index < -0.39 is 0 Å². The summed E-state index contributed by atoms with van der Waals surface area (Å²) in [5.74, 6) is 1.02. The molecule has 0 amide bonds. The van der Waals surface area contributed by atoms with E-state index in [-0.39, 0.29) is 57.1 Å². The molecule has 5 heteroatoms. The van der Waals surface area contributed by atoms with Crippen LogP contribution in [-0.2, 0) is 30.9 Å². The van der Waals surface area contributed by atoms with Gasteiger partial charge in [-0.1, -0.05) is 51.7 Å². The van der Waals surface area contributed by atoms with Crippen LogP contribution in [0.2, 0.25) is 0 Å². The van der Waals surface area contributed by atoms with Gasteiger partial charge in [0.25, 0.3) is 0 Å². The van der Waals surface area contributed by atoms with Gasteiger partial charge in [0.15, 0.2) is 0 Å². The zero-order valence-corrected chi connectivity index (χ0v) is 18.3. The zero-order chi connectivity index (χ0) is 14.1. The Balaban J connectivity index is 0.000000529. The number of rotatable bonds is 0. The summed E-state index contributed by atoms with van der Waals surface area (Å²) >= 11 is 3.47. The standard InChI is InChI=1S/C13H10BrO.C5H5.2ClH.Zr/c1-7-8(2)15-13-11-4-3-10(14)5-9(11)6-12(7)13;1-2-4-5-3-1;;;/h3-5,13H,1-2H3;1-3H,4H2;2*1H;/q2*-1;;;+4/p-2. The van der Waals surface area contributed by atoms with Crippen LogP contribution in [0.3, 0.4) is 0 Å². The Morgan fingerprint density at radius 2 is 1.96 bits per heavy atom. The van der Waals surface area contributed by atoms with Crippen molar-refractivity contribution in [1.29, 1.82) is 0 Å². The van der Waals surface area contributed by atoms with Crippen LogP contribution < -0.4 is 24.8 Å². The third kappa shape index (κ3) is 4.95. The molecule has 0 bridgehead atoms. The first-order chi connectivity index (χ1) is 9.66. The molecule has 0 spiro atoms. The first-order valence-electron chi connectivity index (χ1n) is 6.66. The molecule has 0 fully saturated rings. The van der Waals surface area contributed by atoms with E-state index in [2.05, 4.69) is 59.3 Å². The van der Waals surface area contributed by atoms with Crippen LogP contribution in [0.15, 0.2) is 57.8 Å². The van der Waals surface area contributed by atoms with E-state index in [1.54, 1.807) is 0 Å². The van der Waals surface area contributed by atoms with E-state index in [0.29, 0.717) is 0 Å². The molecule has 4 rings (SSSR count). The third-order valence-corrected chi connectivity index (χ3v) is 4.14. The number of hydrogen-bond acceptors (Lipinski definition) is 1. The molecule has 0 radical (unpaired) electrons. The van der Waals surface area contributed by atoms with Crippen molar-refractivity contribution in [2.24, 2.45) is 0 Å². The Bertz CT molecular complexity index is 668. The fourth-order valence-corrected chi connectivity index (χ4v) is 2.80. The minimum absolute atomic E-state index is 0. The maximum Gasteiger partial charge on any atom is 4.00 e. The van der Waals surface area contributed by atoms with Gasteiger partial charge in [0.2, 0.25) is 0 Å². The average Bonchev–Trinajstić information content (AvgIpc) is 3.13. The van der Waals surface area contributed by atoms with Crippen LogP contribution >= 0.6 is 15.9 Å². The molecule has 1 atom stereocenters. The Kier molecular flexibility index (Phi) is 10.0. The number of halogens is 3. The monoisotopic (exact) mass is 486 g/mol. The van der Waals surface area contributed by atoms with Crippen molar-refractivity contribution in [2.45, 2.75) is 26.4 Å². The molecular formula is C18H15BrCl2OZr. The van der Waals surface area contributed by atoms with Crippen LogP contribution in [-0.4, -0.2) is 0 Å². The van der Waals surface area contributed by atoms with Crippen molar-refractivity contribution < 1.29 is 55.8 Å². The summed E-state index contributed by atoms with van der Waals surface area (Å²) in [6, 6.07) is 6.25. The molecule has 0 saturated carbocycles. The summed E-state index contributed by atoms with van der Waals surface area (Å²) in [6.07, 6.45) is 13.5. The van der Waals surface area contributed by atoms with Gasteiger partial charge in [0.05, 0.1) is 11.9 Å². The third-order valence-electron chi connectivity index (χ3n) is 3.64. The summed E-state index contributed by atoms with van der Waals surface area (Å²) < 4.78 is 6.92. The molecule has 23 heavy (non-hydrogen) atoms. The van der Waals surface area contributed by atoms with Gasteiger partial charge in [-0.3, -0.25) is 6.08 Å². The average molecular weight is 489 g/mol. The molecule has 0 saturated heterocycles. The molecule has 2 aliphatic carbocycles. The van der Waals surface area contributed by atoms with Gasteiger partial charge >= 0.3 is 26.2 Å². The van der Waals surface area contributed by atoms with Gasteiger partial charge in [-0.05, 0) is 11.4 Å². The minimum atomic E-state index is 0. The van der Waals surface area contributed by atoms with Crippen LogP contribution in [0.25, 0.3) is 0 Å². The summed E-state index contributed by atoms with van der Waals surface area (Å²) in [4.78, 5) is 0. The molecule has 1 aliphatic heterocycles. The predicted octanol–water partition coefficient (Wildman–Crippen LogP) is -0.783. The molecule has 118 valence electrons. The summed E-state index contributed by atoms with van der Waals surface area (Å²) in [7, 11) is 0. The SMILES string of the molecule is CC1=C(C)C2=[C-]c3cc(Br)ccc3C2O1.[C-]1=CC=CC1.[Cl-].[Cl-].[Zr+4]. The van der Waals surface area contributed by atoms with Crippen molar-refractivity contribution in [3.8, 4) is 0 Å². The summed E-state index contributed by atoms with van der Waals surface area (Å²) in [6.45, 7) is 4.11. The first kappa shape index (κ1) is 22.9. The van der Waals surface area contributed by atoms with Gasteiger partial charge in [-0.2, -0.15) is 6.08 Å². The topological polar surface area (TPSA) is 9.23 Å². The second-order valence-electron chi connectivity index (χ2n) is 4.95. The van der Waals surface area contributed by atoms with Gasteiger partial charge in [-0.15, -0.1) is 24.1 Å². The Labute approximate surface area is 178 Å². The number of benzene rings is 1. The maximum atomic E-state index is 5.83. The van der Waals surface area contributed by atoms with Crippen LogP contribution in [0.1, 0.15) is 37.5 Å². The van der Waals surface area contributed by atoms with Crippen LogP contribution in [0.4, 0.5) is 0 Å². The largest absolute Gasteiger partial charge is 4.00 e. The smallest absolute Gasteiger partial charge is 1.00 e. The van der Waals surface area contributed by atoms with E-state index >= 15 is 0 Å². The Morgan fingerprint density at radius 3 is 2.52 bits per heavy atom. The first-order valence-corrected chi connectivity index (χ1v) is 7.45. The quantitative estimate of drug-likeness (QED) is 0.435. The van der Waals surface area contributed by atoms with Crippen molar-refractivity contribution in [3.63, 3.8) is 0 Å². The van der Waals surface area contributed by atoms with Crippen molar-refractivity contribution in [2.75, 3.05) is 0 Å². The van der Waals surface area contributed by atoms with Gasteiger partial charge in [0.1, 0.15) is 0 Å². The fourth-order valence-electron chi connectivity index (χ4n) is 2.44. The van der Waals surface area contributed by atoms with Gasteiger partial charge in [0, 0.05) is 0 Å². The van der Waals surface area contributed by atoms with E-state index in [4.69, 9.17) is 4.74 Å². The Hall–Kier alpha value is -0.0769.